The van der Waals surface area contributed by atoms with Crippen LogP contribution in [0, 0.1) is 12.3 Å². The van der Waals surface area contributed by atoms with E-state index in [1.54, 1.807) is 0 Å². The molecule has 0 heterocycles. The van der Waals surface area contributed by atoms with Gasteiger partial charge in [-0.05, 0) is 12.2 Å². The summed E-state index contributed by atoms with van der Waals surface area (Å²) in [6.07, 6.45) is 3.83. The normalized spacial score (nSPS) is 21.8. The molecule has 0 bridgehead atoms. The molecule has 0 aromatic rings. The van der Waals surface area contributed by atoms with E-state index >= 15 is 0 Å². The predicted octanol–water partition coefficient (Wildman–Crippen LogP) is -0.462. The van der Waals surface area contributed by atoms with Crippen LogP contribution >= 0.6 is 23.5 Å². The highest BCUT2D eigenvalue weighted by molar-refractivity contribution is 7.66. The Balaban J connectivity index is 4.86. The molecule has 6 N–H and O–H groups in total. The minimum atomic E-state index is -5.77. The van der Waals surface area contributed by atoms with Crippen molar-refractivity contribution in [2.24, 2.45) is 0 Å². The number of alkyl halides is 1. The van der Waals surface area contributed by atoms with Crippen LogP contribution in [0.1, 0.15) is 0 Å². The van der Waals surface area contributed by atoms with Gasteiger partial charge in [-0.3, -0.25) is 4.52 Å². The average Bonchev–Trinajstić information content (AvgIpc) is 2.29. The molecule has 4 atom stereocenters. The molecular formula is C7H12FO12P3. The molecule has 0 radical (unpaired) electrons. The number of rotatable bonds is 9. The van der Waals surface area contributed by atoms with Crippen molar-refractivity contribution in [2.75, 3.05) is 6.61 Å². The van der Waals surface area contributed by atoms with E-state index in [1.165, 1.54) is 0 Å². The molecule has 12 nitrogen and oxygen atoms in total. The lowest BCUT2D eigenvalue weighted by Crippen LogP contribution is -2.40. The van der Waals surface area contributed by atoms with Gasteiger partial charge in [0.05, 0.1) is 0 Å². The lowest BCUT2D eigenvalue weighted by Gasteiger charge is -2.23. The van der Waals surface area contributed by atoms with E-state index in [4.69, 9.17) is 36.2 Å². The molecule has 0 spiro atoms. The Kier molecular flexibility index (Phi) is 7.94. The smallest absolute Gasteiger partial charge is 0.383 e. The number of hydrogen-bond acceptors (Lipinski definition) is 8. The molecule has 0 rings (SSSR count). The van der Waals surface area contributed by atoms with Crippen molar-refractivity contribution < 1.29 is 61.0 Å². The quantitative estimate of drug-likeness (QED) is 0.215. The van der Waals surface area contributed by atoms with Crippen LogP contribution in [0.15, 0.2) is 12.2 Å². The standard InChI is InChI=1S/C7H12FO12P3/c1-2-3-4-6(9)7(8,10)5-18-22(14,15)20-23(16,17)19-21(11,12)13/h1,3-4,6,9-10H,5H2,(H,14,15)(H,16,17)(H2,11,12,13)/t6-,7+/m0/s1. The van der Waals surface area contributed by atoms with Gasteiger partial charge in [0.15, 0.2) is 0 Å². The first kappa shape index (κ1) is 22.6. The van der Waals surface area contributed by atoms with Crippen LogP contribution in [0.25, 0.3) is 0 Å². The minimum Gasteiger partial charge on any atom is -0.383 e. The molecule has 16 heteroatoms. The molecule has 0 aliphatic carbocycles. The number of terminal acetylenes is 1. The second-order valence-electron chi connectivity index (χ2n) is 3.65. The highest BCUT2D eigenvalue weighted by atomic mass is 31.3. The predicted molar refractivity (Wildman–Crippen MR) is 69.9 cm³/mol. The molecule has 0 saturated heterocycles. The van der Waals surface area contributed by atoms with E-state index in [1.807, 2.05) is 5.92 Å². The first-order chi connectivity index (χ1) is 10.1. The number of hydrogen-bond donors (Lipinski definition) is 6. The van der Waals surface area contributed by atoms with E-state index in [-0.39, 0.29) is 0 Å². The van der Waals surface area contributed by atoms with Gasteiger partial charge in [-0.2, -0.15) is 8.62 Å². The zero-order valence-electron chi connectivity index (χ0n) is 10.9. The Bertz CT molecular complexity index is 617. The largest absolute Gasteiger partial charge is 0.490 e. The van der Waals surface area contributed by atoms with Crippen LogP contribution in [0.4, 0.5) is 4.39 Å². The van der Waals surface area contributed by atoms with Crippen molar-refractivity contribution in [3.05, 3.63) is 12.2 Å². The SMILES string of the molecule is C#CC=C[C@H](O)[C@@](O)(F)COP(=O)(O)OP(=O)(O)OP(=O)(O)O. The Morgan fingerprint density at radius 3 is 2.13 bits per heavy atom. The highest BCUT2D eigenvalue weighted by Crippen LogP contribution is 2.66. The third kappa shape index (κ3) is 10.1. The molecule has 23 heavy (non-hydrogen) atoms. The summed E-state index contributed by atoms with van der Waals surface area (Å²) in [6, 6.07) is 0. The monoisotopic (exact) mass is 400 g/mol. The van der Waals surface area contributed by atoms with E-state index < -0.39 is 42.0 Å². The van der Waals surface area contributed by atoms with Gasteiger partial charge in [0.25, 0.3) is 5.85 Å². The van der Waals surface area contributed by atoms with Crippen molar-refractivity contribution in [3.63, 3.8) is 0 Å². The van der Waals surface area contributed by atoms with Crippen LogP contribution in [-0.2, 0) is 26.8 Å². The first-order valence-electron chi connectivity index (χ1n) is 5.11. The summed E-state index contributed by atoms with van der Waals surface area (Å²) in [6.45, 7) is -1.74. The van der Waals surface area contributed by atoms with Crippen molar-refractivity contribution in [1.82, 2.24) is 0 Å². The molecular weight excluding hydrogens is 388 g/mol. The molecule has 0 aromatic carbocycles. The number of phosphoric ester groups is 1. The molecule has 0 aliphatic heterocycles. The van der Waals surface area contributed by atoms with Crippen LogP contribution in [-0.4, -0.2) is 48.4 Å². The number of aliphatic hydroxyl groups excluding tert-OH is 1. The summed E-state index contributed by atoms with van der Waals surface area (Å²) in [5.74, 6) is -1.81. The Morgan fingerprint density at radius 1 is 1.17 bits per heavy atom. The summed E-state index contributed by atoms with van der Waals surface area (Å²) in [5.41, 5.74) is 0. The van der Waals surface area contributed by atoms with E-state index in [9.17, 15) is 18.1 Å². The minimum absolute atomic E-state index is 0.584. The third-order valence-corrected chi connectivity index (χ3v) is 5.46. The molecule has 0 saturated carbocycles. The highest BCUT2D eigenvalue weighted by Gasteiger charge is 2.43. The van der Waals surface area contributed by atoms with Crippen molar-refractivity contribution in [1.29, 1.82) is 0 Å². The Hall–Kier alpha value is -0.440. The van der Waals surface area contributed by atoms with E-state index in [2.05, 4.69) is 13.1 Å². The van der Waals surface area contributed by atoms with Crippen molar-refractivity contribution in [3.8, 4) is 12.3 Å². The molecule has 0 fully saturated rings. The number of phosphoric acid groups is 3. The molecule has 2 unspecified atom stereocenters. The topological polar surface area (TPSA) is 200 Å². The fraction of sp³-hybridized carbons (Fsp3) is 0.429. The average molecular weight is 400 g/mol. The van der Waals surface area contributed by atoms with Crippen molar-refractivity contribution >= 4 is 23.5 Å². The summed E-state index contributed by atoms with van der Waals surface area (Å²) in [7, 11) is -17.0. The summed E-state index contributed by atoms with van der Waals surface area (Å²) in [4.78, 5) is 34.4. The molecule has 0 aromatic heterocycles. The fourth-order valence-corrected chi connectivity index (χ4v) is 3.89. The second kappa shape index (κ2) is 8.09. The van der Waals surface area contributed by atoms with Gasteiger partial charge in [0.1, 0.15) is 12.7 Å². The maximum atomic E-state index is 13.5. The molecule has 134 valence electrons. The first-order valence-corrected chi connectivity index (χ1v) is 9.63. The van der Waals surface area contributed by atoms with Crippen molar-refractivity contribution in [2.45, 2.75) is 12.0 Å². The van der Waals surface area contributed by atoms with Gasteiger partial charge in [0.2, 0.25) is 0 Å². The van der Waals surface area contributed by atoms with Crippen LogP contribution in [0.3, 0.4) is 0 Å². The fourth-order valence-electron chi connectivity index (χ4n) is 0.855. The van der Waals surface area contributed by atoms with Gasteiger partial charge >= 0.3 is 23.5 Å². The Morgan fingerprint density at radius 2 is 1.70 bits per heavy atom. The van der Waals surface area contributed by atoms with Crippen LogP contribution in [0.5, 0.6) is 0 Å². The van der Waals surface area contributed by atoms with Gasteiger partial charge in [-0.15, -0.1) is 6.42 Å². The number of aliphatic hydroxyl groups is 2. The van der Waals surface area contributed by atoms with Gasteiger partial charge < -0.3 is 29.8 Å². The molecule has 0 amide bonds. The van der Waals surface area contributed by atoms with Crippen LogP contribution in [0.2, 0.25) is 0 Å². The number of allylic oxidation sites excluding steroid dienone is 1. The second-order valence-corrected chi connectivity index (χ2v) is 8.07. The van der Waals surface area contributed by atoms with Gasteiger partial charge in [0, 0.05) is 0 Å². The summed E-state index contributed by atoms with van der Waals surface area (Å²) in [5, 5.41) is 18.3. The summed E-state index contributed by atoms with van der Waals surface area (Å²) < 4.78 is 56.5. The lowest BCUT2D eigenvalue weighted by molar-refractivity contribution is -0.174. The maximum absolute atomic E-state index is 13.5. The summed E-state index contributed by atoms with van der Waals surface area (Å²) >= 11 is 0. The zero-order valence-corrected chi connectivity index (χ0v) is 13.6. The van der Waals surface area contributed by atoms with E-state index in [0.717, 1.165) is 6.08 Å². The van der Waals surface area contributed by atoms with Gasteiger partial charge in [-0.25, -0.2) is 18.1 Å². The van der Waals surface area contributed by atoms with Crippen LogP contribution < -0.4 is 0 Å². The lowest BCUT2D eigenvalue weighted by atomic mass is 10.1. The zero-order chi connectivity index (χ0) is 18.5. The molecule has 0 aliphatic rings. The Labute approximate surface area is 128 Å². The third-order valence-electron chi connectivity index (χ3n) is 1.67. The van der Waals surface area contributed by atoms with Gasteiger partial charge in [-0.1, -0.05) is 5.92 Å². The number of halogens is 1. The maximum Gasteiger partial charge on any atom is 0.490 e. The van der Waals surface area contributed by atoms with E-state index in [0.29, 0.717) is 6.08 Å².